The van der Waals surface area contributed by atoms with Gasteiger partial charge in [0.15, 0.2) is 5.82 Å². The second-order valence-corrected chi connectivity index (χ2v) is 20.4. The molecule has 0 N–H and O–H groups in total. The van der Waals surface area contributed by atoms with Gasteiger partial charge < -0.3 is 9.13 Å². The highest BCUT2D eigenvalue weighted by Crippen LogP contribution is 2.45. The summed E-state index contributed by atoms with van der Waals surface area (Å²) in [7, 11) is 0. The number of aromatic nitrogens is 5. The average molecular weight is 1020 g/mol. The molecular weight excluding hydrogens is 971 g/mol. The highest BCUT2D eigenvalue weighted by Gasteiger charge is 2.24. The summed E-state index contributed by atoms with van der Waals surface area (Å²) in [5, 5.41) is 4.65. The van der Waals surface area contributed by atoms with Crippen molar-refractivity contribution >= 4 is 43.6 Å². The van der Waals surface area contributed by atoms with Crippen molar-refractivity contribution in [3.05, 3.63) is 298 Å². The van der Waals surface area contributed by atoms with Gasteiger partial charge in [0.05, 0.1) is 57.2 Å². The van der Waals surface area contributed by atoms with Crippen LogP contribution in [-0.4, -0.2) is 24.1 Å². The maximum atomic E-state index is 5.25. The lowest BCUT2D eigenvalue weighted by molar-refractivity contribution is 1.09. The van der Waals surface area contributed by atoms with Crippen molar-refractivity contribution < 1.29 is 0 Å². The SMILES string of the molecule is c1ccc(-c2ccc3c(c2)c2cc(-c4ccccc4)ccc2n3-c2cncc(-n3c4ccc(-c5ccccc5)cc4c4cc(-c5ccccc5)ccc43)c2-c2ccc(-c3cc(-c4ccccc4)nc(-c4ccccc4)n3)cc2)cc1. The van der Waals surface area contributed by atoms with Gasteiger partial charge in [-0.3, -0.25) is 4.98 Å². The van der Waals surface area contributed by atoms with Gasteiger partial charge in [0, 0.05) is 43.8 Å². The van der Waals surface area contributed by atoms with Crippen molar-refractivity contribution in [3.63, 3.8) is 0 Å². The Kier molecular flexibility index (Phi) is 11.4. The Bertz CT molecular complexity index is 4290. The number of hydrogen-bond acceptors (Lipinski definition) is 3. The Morgan fingerprint density at radius 3 is 0.838 bits per heavy atom. The quantitative estimate of drug-likeness (QED) is 0.137. The van der Waals surface area contributed by atoms with Crippen LogP contribution in [0.4, 0.5) is 0 Å². The van der Waals surface area contributed by atoms with E-state index < -0.39 is 0 Å². The van der Waals surface area contributed by atoms with Gasteiger partial charge >= 0.3 is 0 Å². The van der Waals surface area contributed by atoms with E-state index in [1.807, 2.05) is 24.3 Å². The number of pyridine rings is 1. The molecule has 0 aliphatic heterocycles. The molecule has 0 atom stereocenters. The standard InChI is InChI=1S/C75H49N5/c1-7-19-50(20-8-1)58-35-39-68-62(43-58)63-44-59(51-21-9-2-10-22-51)36-40-69(63)79(68)72-48-76-49-73(74(72)56-33-31-55(32-34-56)67-47-66(54-27-15-5-16-28-54)77-75(78-67)57-29-17-6-18-30-57)80-70-41-37-60(52-23-11-3-12-24-52)45-64(70)65-46-61(38-42-71(65)80)53-25-13-4-14-26-53/h1-49H. The Morgan fingerprint density at radius 2 is 0.500 bits per heavy atom. The Balaban J connectivity index is 0.999. The summed E-state index contributed by atoms with van der Waals surface area (Å²) in [6, 6.07) is 102. The second-order valence-electron chi connectivity index (χ2n) is 20.4. The van der Waals surface area contributed by atoms with Crippen LogP contribution in [0.25, 0.3) is 145 Å². The second kappa shape index (κ2) is 19.7. The zero-order valence-electron chi connectivity index (χ0n) is 43.5. The van der Waals surface area contributed by atoms with Crippen molar-refractivity contribution in [2.75, 3.05) is 0 Å². The van der Waals surface area contributed by atoms with E-state index in [0.29, 0.717) is 5.82 Å². The molecule has 5 heteroatoms. The third kappa shape index (κ3) is 8.24. The molecule has 4 heterocycles. The molecule has 374 valence electrons. The highest BCUT2D eigenvalue weighted by molar-refractivity contribution is 6.14. The van der Waals surface area contributed by atoms with Crippen LogP contribution < -0.4 is 0 Å². The molecule has 0 amide bonds. The van der Waals surface area contributed by atoms with Crippen molar-refractivity contribution in [3.8, 4) is 101 Å². The fourth-order valence-corrected chi connectivity index (χ4v) is 11.8. The summed E-state index contributed by atoms with van der Waals surface area (Å²) in [6.45, 7) is 0. The minimum absolute atomic E-state index is 0.680. The van der Waals surface area contributed by atoms with E-state index in [0.717, 1.165) is 116 Å². The van der Waals surface area contributed by atoms with E-state index in [9.17, 15) is 0 Å². The van der Waals surface area contributed by atoms with E-state index in [-0.39, 0.29) is 0 Å². The number of nitrogens with zero attached hydrogens (tertiary/aromatic N) is 5. The molecule has 0 aliphatic rings. The predicted octanol–water partition coefficient (Wildman–Crippen LogP) is 19.4. The Labute approximate surface area is 463 Å². The fourth-order valence-electron chi connectivity index (χ4n) is 11.8. The molecule has 4 aromatic heterocycles. The maximum Gasteiger partial charge on any atom is 0.160 e. The maximum absolute atomic E-state index is 5.25. The Hall–Kier alpha value is -10.8. The molecular formula is C75H49N5. The van der Waals surface area contributed by atoms with E-state index in [4.69, 9.17) is 15.0 Å². The number of benzene rings is 11. The van der Waals surface area contributed by atoms with Gasteiger partial charge in [0.25, 0.3) is 0 Å². The van der Waals surface area contributed by atoms with Crippen molar-refractivity contribution in [2.45, 2.75) is 0 Å². The molecule has 0 bridgehead atoms. The van der Waals surface area contributed by atoms with Crippen LogP contribution >= 0.6 is 0 Å². The van der Waals surface area contributed by atoms with Gasteiger partial charge in [-0.2, -0.15) is 0 Å². The van der Waals surface area contributed by atoms with Crippen LogP contribution in [0.1, 0.15) is 0 Å². The number of hydrogen-bond donors (Lipinski definition) is 0. The molecule has 0 saturated heterocycles. The smallest absolute Gasteiger partial charge is 0.160 e. The van der Waals surface area contributed by atoms with Crippen molar-refractivity contribution in [2.24, 2.45) is 0 Å². The van der Waals surface area contributed by atoms with E-state index in [1.165, 1.54) is 22.3 Å². The molecule has 0 radical (unpaired) electrons. The van der Waals surface area contributed by atoms with Crippen LogP contribution in [0.3, 0.4) is 0 Å². The Morgan fingerprint density at radius 1 is 0.225 bits per heavy atom. The molecule has 15 rings (SSSR count). The van der Waals surface area contributed by atoms with Gasteiger partial charge in [-0.1, -0.05) is 231 Å². The van der Waals surface area contributed by atoms with Crippen LogP contribution in [0.5, 0.6) is 0 Å². The lowest BCUT2D eigenvalue weighted by Gasteiger charge is -2.20. The first-order valence-electron chi connectivity index (χ1n) is 27.1. The zero-order chi connectivity index (χ0) is 52.9. The van der Waals surface area contributed by atoms with Gasteiger partial charge in [-0.15, -0.1) is 0 Å². The summed E-state index contributed by atoms with van der Waals surface area (Å²) in [5.74, 6) is 0.680. The van der Waals surface area contributed by atoms with E-state index >= 15 is 0 Å². The number of rotatable bonds is 10. The summed E-state index contributed by atoms with van der Waals surface area (Å²) < 4.78 is 4.87. The van der Waals surface area contributed by atoms with Crippen LogP contribution in [-0.2, 0) is 0 Å². The summed E-state index contributed by atoms with van der Waals surface area (Å²) >= 11 is 0. The number of fused-ring (bicyclic) bond motifs is 6. The lowest BCUT2D eigenvalue weighted by atomic mass is 9.99. The topological polar surface area (TPSA) is 48.5 Å². The first kappa shape index (κ1) is 46.5. The molecule has 0 unspecified atom stereocenters. The first-order chi connectivity index (χ1) is 39.7. The van der Waals surface area contributed by atoms with Gasteiger partial charge in [0.1, 0.15) is 0 Å². The van der Waals surface area contributed by atoms with E-state index in [1.54, 1.807) is 0 Å². The van der Waals surface area contributed by atoms with Crippen LogP contribution in [0, 0.1) is 0 Å². The zero-order valence-corrected chi connectivity index (χ0v) is 43.5. The van der Waals surface area contributed by atoms with Gasteiger partial charge in [0.2, 0.25) is 0 Å². The third-order valence-electron chi connectivity index (χ3n) is 15.6. The molecule has 0 fully saturated rings. The molecule has 11 aromatic carbocycles. The largest absolute Gasteiger partial charge is 0.307 e. The summed E-state index contributed by atoms with van der Waals surface area (Å²) in [6.07, 6.45) is 4.11. The molecule has 15 aromatic rings. The van der Waals surface area contributed by atoms with Crippen LogP contribution in [0.2, 0.25) is 0 Å². The third-order valence-corrected chi connectivity index (χ3v) is 15.6. The molecule has 0 saturated carbocycles. The van der Waals surface area contributed by atoms with E-state index in [2.05, 4.69) is 282 Å². The molecule has 5 nitrogen and oxygen atoms in total. The summed E-state index contributed by atoms with van der Waals surface area (Å²) in [5.41, 5.74) is 22.4. The molecule has 0 aliphatic carbocycles. The average Bonchev–Trinajstić information content (AvgIpc) is 4.28. The van der Waals surface area contributed by atoms with Gasteiger partial charge in [-0.25, -0.2) is 9.97 Å². The lowest BCUT2D eigenvalue weighted by Crippen LogP contribution is -2.05. The minimum atomic E-state index is 0.680. The first-order valence-corrected chi connectivity index (χ1v) is 27.1. The highest BCUT2D eigenvalue weighted by atomic mass is 15.0. The monoisotopic (exact) mass is 1020 g/mol. The normalized spacial score (nSPS) is 11.5. The fraction of sp³-hybridized carbons (Fsp3) is 0. The molecule has 0 spiro atoms. The van der Waals surface area contributed by atoms with Gasteiger partial charge in [-0.05, 0) is 105 Å². The summed E-state index contributed by atoms with van der Waals surface area (Å²) in [4.78, 5) is 15.6. The minimum Gasteiger partial charge on any atom is -0.307 e. The van der Waals surface area contributed by atoms with Crippen LogP contribution in [0.15, 0.2) is 298 Å². The van der Waals surface area contributed by atoms with Crippen molar-refractivity contribution in [1.29, 1.82) is 0 Å². The predicted molar refractivity (Wildman–Crippen MR) is 332 cm³/mol. The molecule has 80 heavy (non-hydrogen) atoms. The van der Waals surface area contributed by atoms with Crippen molar-refractivity contribution in [1.82, 2.24) is 24.1 Å².